The number of benzene rings is 1. The van der Waals surface area contributed by atoms with Gasteiger partial charge in [-0.15, -0.1) is 0 Å². The van der Waals surface area contributed by atoms with Crippen LogP contribution >= 0.6 is 23.4 Å². The predicted molar refractivity (Wildman–Crippen MR) is 86.2 cm³/mol. The van der Waals surface area contributed by atoms with Gasteiger partial charge in [0.1, 0.15) is 5.69 Å². The van der Waals surface area contributed by atoms with Gasteiger partial charge in [-0.2, -0.15) is 8.42 Å². The van der Waals surface area contributed by atoms with Crippen LogP contribution in [0.15, 0.2) is 17.1 Å². The van der Waals surface area contributed by atoms with E-state index >= 15 is 0 Å². The number of hydrogen-bond acceptors (Lipinski definition) is 5. The maximum absolute atomic E-state index is 14.0. The van der Waals surface area contributed by atoms with E-state index in [2.05, 4.69) is 9.89 Å². The van der Waals surface area contributed by atoms with Crippen molar-refractivity contribution in [2.24, 2.45) is 4.99 Å². The Morgan fingerprint density at radius 1 is 1.50 bits per heavy atom. The molecule has 0 radical (unpaired) electrons. The van der Waals surface area contributed by atoms with Crippen molar-refractivity contribution in [3.8, 4) is 5.75 Å². The van der Waals surface area contributed by atoms with Crippen molar-refractivity contribution in [3.63, 3.8) is 0 Å². The van der Waals surface area contributed by atoms with E-state index in [1.165, 1.54) is 6.07 Å². The lowest BCUT2D eigenvalue weighted by Gasteiger charge is -2.16. The van der Waals surface area contributed by atoms with Gasteiger partial charge in [-0.3, -0.25) is 0 Å². The van der Waals surface area contributed by atoms with Gasteiger partial charge >= 0.3 is 10.1 Å². The van der Waals surface area contributed by atoms with Crippen molar-refractivity contribution in [2.45, 2.75) is 18.9 Å². The van der Waals surface area contributed by atoms with Gasteiger partial charge in [0.05, 0.1) is 11.3 Å². The molecule has 2 saturated heterocycles. The van der Waals surface area contributed by atoms with Crippen LogP contribution in [0.1, 0.15) is 12.8 Å². The lowest BCUT2D eigenvalue weighted by Crippen LogP contribution is -2.27. The standard InChI is InChI=1S/C13H14ClFN2O3S2/c1-22(18,19)20-12-6-11(10(15)5-9(12)14)16-13-17-4-2-3-8(17)7-21-13/h5-6,8H,2-4,7H2,1H3/b16-13-. The second-order valence-corrected chi connectivity index (χ2v) is 8.19. The Kier molecular flexibility index (Phi) is 4.26. The van der Waals surface area contributed by atoms with Crippen LogP contribution in [-0.2, 0) is 10.1 Å². The van der Waals surface area contributed by atoms with Gasteiger partial charge in [0.25, 0.3) is 0 Å². The van der Waals surface area contributed by atoms with Crippen LogP contribution in [0, 0.1) is 5.82 Å². The van der Waals surface area contributed by atoms with Gasteiger partial charge in [0.2, 0.25) is 0 Å². The molecule has 2 fully saturated rings. The SMILES string of the molecule is CS(=O)(=O)Oc1cc(/N=C2\SCC3CCCN23)c(F)cc1Cl. The molecule has 0 spiro atoms. The van der Waals surface area contributed by atoms with E-state index in [-0.39, 0.29) is 16.5 Å². The maximum Gasteiger partial charge on any atom is 0.306 e. The van der Waals surface area contributed by atoms with E-state index in [0.717, 1.165) is 42.6 Å². The van der Waals surface area contributed by atoms with E-state index in [0.29, 0.717) is 6.04 Å². The third-order valence-electron chi connectivity index (χ3n) is 3.49. The molecule has 0 aromatic heterocycles. The van der Waals surface area contributed by atoms with E-state index in [1.54, 1.807) is 11.8 Å². The van der Waals surface area contributed by atoms with Crippen LogP contribution in [0.2, 0.25) is 5.02 Å². The number of amidine groups is 1. The first kappa shape index (κ1) is 15.9. The van der Waals surface area contributed by atoms with Crippen LogP contribution in [0.5, 0.6) is 5.75 Å². The minimum atomic E-state index is -3.74. The molecule has 120 valence electrons. The first-order valence-electron chi connectivity index (χ1n) is 6.70. The molecule has 0 N–H and O–H groups in total. The molecule has 2 aliphatic rings. The Bertz CT molecular complexity index is 739. The predicted octanol–water partition coefficient (Wildman–Crippen LogP) is 3.02. The number of halogens is 2. The van der Waals surface area contributed by atoms with Crippen molar-refractivity contribution in [2.75, 3.05) is 18.6 Å². The topological polar surface area (TPSA) is 59.0 Å². The summed E-state index contributed by atoms with van der Waals surface area (Å²) in [4.78, 5) is 6.49. The first-order valence-corrected chi connectivity index (χ1v) is 9.88. The molecule has 1 aromatic rings. The molecule has 9 heteroatoms. The zero-order chi connectivity index (χ0) is 15.9. The zero-order valence-corrected chi connectivity index (χ0v) is 14.1. The smallest absolute Gasteiger partial charge is 0.306 e. The average molecular weight is 365 g/mol. The number of hydrogen-bond donors (Lipinski definition) is 0. The number of fused-ring (bicyclic) bond motifs is 1. The van der Waals surface area contributed by atoms with Gasteiger partial charge < -0.3 is 9.08 Å². The van der Waals surface area contributed by atoms with Crippen molar-refractivity contribution < 1.29 is 17.0 Å². The molecular weight excluding hydrogens is 351 g/mol. The van der Waals surface area contributed by atoms with Crippen LogP contribution < -0.4 is 4.18 Å². The van der Waals surface area contributed by atoms with Crippen LogP contribution in [-0.4, -0.2) is 43.1 Å². The summed E-state index contributed by atoms with van der Waals surface area (Å²) in [5.74, 6) is 0.216. The van der Waals surface area contributed by atoms with Crippen molar-refractivity contribution in [1.29, 1.82) is 0 Å². The van der Waals surface area contributed by atoms with Gasteiger partial charge in [0, 0.05) is 24.4 Å². The molecule has 0 bridgehead atoms. The average Bonchev–Trinajstić information content (AvgIpc) is 2.98. The fourth-order valence-corrected chi connectivity index (χ4v) is 4.50. The summed E-state index contributed by atoms with van der Waals surface area (Å²) in [5.41, 5.74) is 0.0260. The first-order chi connectivity index (χ1) is 10.3. The van der Waals surface area contributed by atoms with E-state index < -0.39 is 15.9 Å². The van der Waals surface area contributed by atoms with Crippen molar-refractivity contribution in [3.05, 3.63) is 23.0 Å². The van der Waals surface area contributed by atoms with Gasteiger partial charge in [-0.1, -0.05) is 23.4 Å². The molecule has 5 nitrogen and oxygen atoms in total. The number of nitrogens with zero attached hydrogens (tertiary/aromatic N) is 2. The molecule has 2 heterocycles. The largest absolute Gasteiger partial charge is 0.381 e. The molecule has 2 aliphatic heterocycles. The summed E-state index contributed by atoms with van der Waals surface area (Å²) in [6, 6.07) is 2.70. The lowest BCUT2D eigenvalue weighted by molar-refractivity contribution is 0.439. The number of rotatable bonds is 3. The summed E-state index contributed by atoms with van der Waals surface area (Å²) in [6.07, 6.45) is 3.13. The quantitative estimate of drug-likeness (QED) is 0.771. The molecule has 0 aliphatic carbocycles. The van der Waals surface area contributed by atoms with Gasteiger partial charge in [-0.25, -0.2) is 9.38 Å². The highest BCUT2D eigenvalue weighted by Gasteiger charge is 2.34. The van der Waals surface area contributed by atoms with E-state index in [9.17, 15) is 12.8 Å². The van der Waals surface area contributed by atoms with Crippen LogP contribution in [0.25, 0.3) is 0 Å². The molecule has 1 aromatic carbocycles. The second-order valence-electron chi connectivity index (χ2n) is 5.22. The summed E-state index contributed by atoms with van der Waals surface area (Å²) in [6.45, 7) is 0.915. The third kappa shape index (κ3) is 3.33. The highest BCUT2D eigenvalue weighted by molar-refractivity contribution is 8.14. The van der Waals surface area contributed by atoms with E-state index in [4.69, 9.17) is 15.8 Å². The fourth-order valence-electron chi connectivity index (χ4n) is 2.54. The molecular formula is C13H14ClFN2O3S2. The lowest BCUT2D eigenvalue weighted by atomic mass is 10.2. The normalized spacial score (nSPS) is 23.1. The second kappa shape index (κ2) is 5.90. The monoisotopic (exact) mass is 364 g/mol. The van der Waals surface area contributed by atoms with Crippen molar-refractivity contribution >= 4 is 44.3 Å². The molecule has 1 atom stereocenters. The number of aliphatic imine (C=N–C) groups is 1. The highest BCUT2D eigenvalue weighted by atomic mass is 35.5. The fraction of sp³-hybridized carbons (Fsp3) is 0.462. The molecule has 0 saturated carbocycles. The molecule has 1 unspecified atom stereocenters. The number of thioether (sulfide) groups is 1. The van der Waals surface area contributed by atoms with Crippen LogP contribution in [0.4, 0.5) is 10.1 Å². The highest BCUT2D eigenvalue weighted by Crippen LogP contribution is 2.37. The maximum atomic E-state index is 14.0. The Balaban J connectivity index is 1.95. The summed E-state index contributed by atoms with van der Waals surface area (Å²) in [7, 11) is -3.74. The Morgan fingerprint density at radius 3 is 3.00 bits per heavy atom. The Morgan fingerprint density at radius 2 is 2.27 bits per heavy atom. The molecule has 22 heavy (non-hydrogen) atoms. The van der Waals surface area contributed by atoms with Crippen molar-refractivity contribution in [1.82, 2.24) is 4.90 Å². The van der Waals surface area contributed by atoms with Gasteiger partial charge in [-0.05, 0) is 18.9 Å². The van der Waals surface area contributed by atoms with Crippen LogP contribution in [0.3, 0.4) is 0 Å². The van der Waals surface area contributed by atoms with Gasteiger partial charge in [0.15, 0.2) is 16.7 Å². The minimum absolute atomic E-state index is 0.0260. The molecule has 0 amide bonds. The Hall–Kier alpha value is -0.990. The summed E-state index contributed by atoms with van der Waals surface area (Å²) >= 11 is 7.40. The zero-order valence-electron chi connectivity index (χ0n) is 11.8. The minimum Gasteiger partial charge on any atom is -0.381 e. The summed E-state index contributed by atoms with van der Waals surface area (Å²) in [5, 5.41) is 0.652. The van der Waals surface area contributed by atoms with E-state index in [1.807, 2.05) is 0 Å². The summed E-state index contributed by atoms with van der Waals surface area (Å²) < 4.78 is 41.2. The molecule has 3 rings (SSSR count). The third-order valence-corrected chi connectivity index (χ3v) is 5.40. The Labute approximate surface area is 137 Å².